The van der Waals surface area contributed by atoms with E-state index < -0.39 is 0 Å². The van der Waals surface area contributed by atoms with E-state index in [1.54, 1.807) is 0 Å². The van der Waals surface area contributed by atoms with Crippen molar-refractivity contribution < 1.29 is 5.11 Å². The Balaban J connectivity index is 2.86. The van der Waals surface area contributed by atoms with Crippen LogP contribution in [0.1, 0.15) is 13.3 Å². The maximum atomic E-state index is 11.1. The molecule has 1 atom stereocenters. The van der Waals surface area contributed by atoms with Gasteiger partial charge in [-0.25, -0.2) is 4.98 Å². The molecule has 0 aliphatic carbocycles. The zero-order valence-corrected chi connectivity index (χ0v) is 7.95. The molecule has 0 saturated heterocycles. The lowest BCUT2D eigenvalue weighted by Crippen LogP contribution is -2.26. The molecule has 0 spiro atoms. The summed E-state index contributed by atoms with van der Waals surface area (Å²) in [7, 11) is 0. The molecule has 1 unspecified atom stereocenters. The van der Waals surface area contributed by atoms with Crippen molar-refractivity contribution in [1.82, 2.24) is 9.97 Å². The van der Waals surface area contributed by atoms with Crippen molar-refractivity contribution in [3.8, 4) is 0 Å². The molecule has 1 aromatic rings. The van der Waals surface area contributed by atoms with Crippen molar-refractivity contribution in [3.63, 3.8) is 0 Å². The molecule has 1 aromatic heterocycles. The maximum absolute atomic E-state index is 11.1. The van der Waals surface area contributed by atoms with Gasteiger partial charge in [-0.3, -0.25) is 4.79 Å². The summed E-state index contributed by atoms with van der Waals surface area (Å²) in [6.45, 7) is 1.89. The molecular weight excluding hydrogens is 184 g/mol. The van der Waals surface area contributed by atoms with Crippen LogP contribution >= 0.6 is 0 Å². The largest absolute Gasteiger partial charge is 0.394 e. The number of aliphatic hydroxyl groups is 1. The molecule has 0 saturated carbocycles. The number of hydrogen-bond acceptors (Lipinski definition) is 5. The van der Waals surface area contributed by atoms with E-state index in [9.17, 15) is 4.79 Å². The smallest absolute Gasteiger partial charge is 0.276 e. The predicted molar refractivity (Wildman–Crippen MR) is 54.1 cm³/mol. The van der Waals surface area contributed by atoms with Crippen LogP contribution < -0.4 is 16.6 Å². The van der Waals surface area contributed by atoms with Crippen LogP contribution in [0.2, 0.25) is 0 Å². The van der Waals surface area contributed by atoms with Crippen molar-refractivity contribution in [2.45, 2.75) is 19.4 Å². The number of hydrogen-bond donors (Lipinski definition) is 4. The number of nitrogens with two attached hydrogens (primary N) is 1. The van der Waals surface area contributed by atoms with Gasteiger partial charge >= 0.3 is 0 Å². The number of aromatic nitrogens is 2. The van der Waals surface area contributed by atoms with Gasteiger partial charge in [0.2, 0.25) is 0 Å². The Morgan fingerprint density at radius 3 is 3.07 bits per heavy atom. The van der Waals surface area contributed by atoms with Crippen LogP contribution in [0.4, 0.5) is 11.5 Å². The van der Waals surface area contributed by atoms with Crippen LogP contribution in [-0.2, 0) is 0 Å². The molecule has 0 aromatic carbocycles. The molecule has 1 rings (SSSR count). The number of rotatable bonds is 4. The van der Waals surface area contributed by atoms with Crippen molar-refractivity contribution in [2.75, 3.05) is 17.7 Å². The van der Waals surface area contributed by atoms with E-state index in [2.05, 4.69) is 15.3 Å². The summed E-state index contributed by atoms with van der Waals surface area (Å²) in [5, 5.41) is 11.8. The van der Waals surface area contributed by atoms with Crippen LogP contribution in [0.15, 0.2) is 11.1 Å². The van der Waals surface area contributed by atoms with Gasteiger partial charge in [0.1, 0.15) is 5.69 Å². The third-order valence-corrected chi connectivity index (χ3v) is 1.94. The molecule has 0 amide bonds. The van der Waals surface area contributed by atoms with Crippen molar-refractivity contribution in [2.24, 2.45) is 0 Å². The van der Waals surface area contributed by atoms with Gasteiger partial charge in [0, 0.05) is 0 Å². The fourth-order valence-electron chi connectivity index (χ4n) is 0.995. The first-order valence-electron chi connectivity index (χ1n) is 4.39. The lowest BCUT2D eigenvalue weighted by atomic mass is 10.2. The summed E-state index contributed by atoms with van der Waals surface area (Å²) in [5.74, 6) is 0.314. The van der Waals surface area contributed by atoms with Gasteiger partial charge in [-0.1, -0.05) is 6.92 Å². The summed E-state index contributed by atoms with van der Waals surface area (Å²) in [5.41, 5.74) is 5.15. The van der Waals surface area contributed by atoms with Gasteiger partial charge in [-0.2, -0.15) is 0 Å². The van der Waals surface area contributed by atoms with Gasteiger partial charge in [-0.15, -0.1) is 0 Å². The second-order valence-corrected chi connectivity index (χ2v) is 2.93. The lowest BCUT2D eigenvalue weighted by Gasteiger charge is -2.14. The Bertz CT molecular complexity index is 345. The molecule has 6 nitrogen and oxygen atoms in total. The van der Waals surface area contributed by atoms with E-state index in [1.807, 2.05) is 6.92 Å². The Morgan fingerprint density at radius 2 is 2.50 bits per heavy atom. The van der Waals surface area contributed by atoms with E-state index in [0.29, 0.717) is 5.82 Å². The van der Waals surface area contributed by atoms with E-state index in [4.69, 9.17) is 10.8 Å². The minimum absolute atomic E-state index is 0.0234. The maximum Gasteiger partial charge on any atom is 0.276 e. The van der Waals surface area contributed by atoms with Gasteiger partial charge in [0.05, 0.1) is 19.0 Å². The van der Waals surface area contributed by atoms with Crippen molar-refractivity contribution in [1.29, 1.82) is 0 Å². The SMILES string of the molecule is CCC(CO)Nc1nc[nH]c(=O)c1N. The number of aromatic amines is 1. The molecule has 1 heterocycles. The highest BCUT2D eigenvalue weighted by Crippen LogP contribution is 2.09. The highest BCUT2D eigenvalue weighted by Gasteiger charge is 2.09. The minimum Gasteiger partial charge on any atom is -0.394 e. The summed E-state index contributed by atoms with van der Waals surface area (Å²) >= 11 is 0. The van der Waals surface area contributed by atoms with Crippen LogP contribution in [0.3, 0.4) is 0 Å². The van der Waals surface area contributed by atoms with E-state index >= 15 is 0 Å². The Hall–Kier alpha value is -1.56. The quantitative estimate of drug-likeness (QED) is 0.524. The summed E-state index contributed by atoms with van der Waals surface area (Å²) in [4.78, 5) is 17.3. The molecule has 0 aliphatic heterocycles. The number of anilines is 2. The van der Waals surface area contributed by atoms with Crippen LogP contribution in [0.5, 0.6) is 0 Å². The lowest BCUT2D eigenvalue weighted by molar-refractivity contribution is 0.271. The number of nitrogens with zero attached hydrogens (tertiary/aromatic N) is 1. The van der Waals surface area contributed by atoms with E-state index in [1.165, 1.54) is 6.33 Å². The van der Waals surface area contributed by atoms with Crippen LogP contribution in [0.25, 0.3) is 0 Å². The standard InChI is InChI=1S/C8H14N4O2/c1-2-5(3-13)12-7-6(9)8(14)11-4-10-7/h4-5,13H,2-3,9H2,1H3,(H2,10,11,12,14). The average molecular weight is 198 g/mol. The van der Waals surface area contributed by atoms with Crippen molar-refractivity contribution >= 4 is 11.5 Å². The first kappa shape index (κ1) is 10.5. The fourth-order valence-corrected chi connectivity index (χ4v) is 0.995. The molecule has 0 fully saturated rings. The average Bonchev–Trinajstić information content (AvgIpc) is 2.20. The first-order chi connectivity index (χ1) is 6.69. The third kappa shape index (κ3) is 2.23. The van der Waals surface area contributed by atoms with Gasteiger partial charge in [-0.05, 0) is 6.42 Å². The first-order valence-corrected chi connectivity index (χ1v) is 4.39. The minimum atomic E-state index is -0.379. The fraction of sp³-hybridized carbons (Fsp3) is 0.500. The molecule has 5 N–H and O–H groups in total. The molecule has 78 valence electrons. The summed E-state index contributed by atoms with van der Waals surface area (Å²) in [6.07, 6.45) is 2.00. The topological polar surface area (TPSA) is 104 Å². The monoisotopic (exact) mass is 198 g/mol. The van der Waals surface area contributed by atoms with Crippen LogP contribution in [0, 0.1) is 0 Å². The highest BCUT2D eigenvalue weighted by molar-refractivity contribution is 5.59. The third-order valence-electron chi connectivity index (χ3n) is 1.94. The molecule has 0 aliphatic rings. The van der Waals surface area contributed by atoms with Crippen LogP contribution in [-0.4, -0.2) is 27.7 Å². The van der Waals surface area contributed by atoms with Gasteiger partial charge in [0.15, 0.2) is 5.82 Å². The second-order valence-electron chi connectivity index (χ2n) is 2.93. The molecule has 0 radical (unpaired) electrons. The Labute approximate surface area is 81.2 Å². The number of aliphatic hydroxyl groups excluding tert-OH is 1. The zero-order chi connectivity index (χ0) is 10.6. The molecule has 6 heteroatoms. The number of nitrogen functional groups attached to an aromatic ring is 1. The molecule has 0 bridgehead atoms. The Kier molecular flexibility index (Phi) is 3.47. The predicted octanol–water partition coefficient (Wildman–Crippen LogP) is -0.465. The number of nitrogens with one attached hydrogen (secondary N) is 2. The zero-order valence-electron chi connectivity index (χ0n) is 7.95. The van der Waals surface area contributed by atoms with Gasteiger partial charge in [0.25, 0.3) is 5.56 Å². The number of H-pyrrole nitrogens is 1. The summed E-state index contributed by atoms with van der Waals surface area (Å²) < 4.78 is 0. The normalized spacial score (nSPS) is 12.4. The molecule has 14 heavy (non-hydrogen) atoms. The highest BCUT2D eigenvalue weighted by atomic mass is 16.3. The van der Waals surface area contributed by atoms with Gasteiger partial charge < -0.3 is 21.1 Å². The Morgan fingerprint density at radius 1 is 1.79 bits per heavy atom. The van der Waals surface area contributed by atoms with E-state index in [0.717, 1.165) is 6.42 Å². The molecular formula is C8H14N4O2. The second kappa shape index (κ2) is 4.61. The van der Waals surface area contributed by atoms with E-state index in [-0.39, 0.29) is 23.9 Å². The van der Waals surface area contributed by atoms with Crippen molar-refractivity contribution in [3.05, 3.63) is 16.7 Å². The summed E-state index contributed by atoms with van der Waals surface area (Å²) in [6, 6.07) is -0.133.